The second kappa shape index (κ2) is 8.70. The van der Waals surface area contributed by atoms with Crippen LogP contribution in [0.25, 0.3) is 0 Å². The van der Waals surface area contributed by atoms with Gasteiger partial charge in [0.15, 0.2) is 34.3 Å². The van der Waals surface area contributed by atoms with E-state index in [9.17, 15) is 20.4 Å². The molecule has 294 valence electrons. The maximum Gasteiger partial charge on any atom is 0.235 e. The van der Waals surface area contributed by atoms with Gasteiger partial charge in [-0.2, -0.15) is 0 Å². The number of amides is 1. The van der Waals surface area contributed by atoms with Gasteiger partial charge in [-0.15, -0.1) is 0 Å². The molecule has 5 saturated carbocycles. The predicted octanol–water partition coefficient (Wildman–Crippen LogP) is 0.343. The maximum absolute atomic E-state index is 16.5. The van der Waals surface area contributed by atoms with Crippen molar-refractivity contribution in [2.45, 2.75) is 115 Å². The number of hydrogen-bond acceptors (Lipinski definition) is 12. The molecule has 13 heteroatoms. The topological polar surface area (TPSA) is 206 Å². The molecule has 12 aliphatic rings. The number of aliphatic hydroxyl groups excluding tert-OH is 1. The second-order valence-electron chi connectivity index (χ2n) is 20.7. The Balaban J connectivity index is 1.19. The van der Waals surface area contributed by atoms with Gasteiger partial charge in [-0.05, 0) is 44.9 Å². The lowest BCUT2D eigenvalue weighted by atomic mass is 9.19. The average molecular weight is 760 g/mol. The number of aliphatic hydroxyl groups is 4. The minimum atomic E-state index is -3.10. The van der Waals surface area contributed by atoms with E-state index in [1.54, 1.807) is 13.8 Å². The number of nitrogens with one attached hydrogen (secondary N) is 1. The zero-order valence-corrected chi connectivity index (χ0v) is 32.1. The van der Waals surface area contributed by atoms with Crippen molar-refractivity contribution in [3.63, 3.8) is 0 Å². The largest absolute Gasteiger partial charge is 0.390 e. The van der Waals surface area contributed by atoms with Crippen molar-refractivity contribution in [1.82, 2.24) is 5.32 Å². The third-order valence-corrected chi connectivity index (χ3v) is 19.7. The predicted molar refractivity (Wildman–Crippen MR) is 185 cm³/mol. The highest BCUT2D eigenvalue weighted by atomic mass is 16.7. The SMILES string of the molecule is CC1=C[C@H]2C=C(C)[C@@H](C)[C@H]3[C@H](CC(C)C)NC(=O)[C@@]23C(=O)[C@H]2[C@@H]3[C@H](O[C@]4(O)[C@@]5(O)C(=O)[C@@]6(C)[C@]78COC[C@@]57C(=O)[C@]5(O)C(=O)[C@@]8(C)[C@]67[C@H]2O[C@H]3[C@]547)[C@H](O)CC1. The van der Waals surface area contributed by atoms with E-state index in [2.05, 4.69) is 19.2 Å². The normalized spacial score (nSPS) is 64.5. The summed E-state index contributed by atoms with van der Waals surface area (Å²) in [7, 11) is 0. The van der Waals surface area contributed by atoms with Crippen LogP contribution in [0.4, 0.5) is 0 Å². The molecular weight excluding hydrogens is 710 g/mol. The van der Waals surface area contributed by atoms with E-state index in [4.69, 9.17) is 14.2 Å². The number of ether oxygens (including phenoxy) is 3. The summed E-state index contributed by atoms with van der Waals surface area (Å²) in [4.78, 5) is 77.8. The van der Waals surface area contributed by atoms with E-state index in [1.165, 1.54) is 0 Å². The first kappa shape index (κ1) is 34.4. The molecule has 5 bridgehead atoms. The molecule has 0 radical (unpaired) electrons. The van der Waals surface area contributed by atoms with E-state index < -0.39 is 139 Å². The van der Waals surface area contributed by atoms with E-state index >= 15 is 24.0 Å². The van der Waals surface area contributed by atoms with Gasteiger partial charge in [-0.1, -0.05) is 57.9 Å². The number of hydrogen-bond donors (Lipinski definition) is 5. The molecular formula is C42H49NO12. The minimum Gasteiger partial charge on any atom is -0.390 e. The lowest BCUT2D eigenvalue weighted by Crippen LogP contribution is -2.95. The van der Waals surface area contributed by atoms with Gasteiger partial charge in [-0.3, -0.25) is 24.0 Å². The fraction of sp³-hybridized carbons (Fsp3) is 0.786. The van der Waals surface area contributed by atoms with Crippen LogP contribution < -0.4 is 5.32 Å². The average Bonchev–Trinajstić information content (AvgIpc) is 3.91. The van der Waals surface area contributed by atoms with Crippen molar-refractivity contribution in [2.24, 2.45) is 73.4 Å². The Bertz CT molecular complexity index is 2130. The summed E-state index contributed by atoms with van der Waals surface area (Å²) in [5.41, 5.74) is -17.7. The smallest absolute Gasteiger partial charge is 0.235 e. The first-order chi connectivity index (χ1) is 25.7. The number of ketones is 4. The molecule has 5 spiro atoms. The second-order valence-corrected chi connectivity index (χ2v) is 20.7. The molecule has 5 N–H and O–H groups in total. The number of rotatable bonds is 2. The Kier molecular flexibility index (Phi) is 5.44. The van der Waals surface area contributed by atoms with Gasteiger partial charge >= 0.3 is 0 Å². The summed E-state index contributed by atoms with van der Waals surface area (Å²) in [5, 5.41) is 55.4. The highest BCUT2D eigenvalue weighted by Crippen LogP contribution is 3.08. The van der Waals surface area contributed by atoms with Crippen LogP contribution in [-0.2, 0) is 38.2 Å². The van der Waals surface area contributed by atoms with Gasteiger partial charge in [0.2, 0.25) is 11.7 Å². The van der Waals surface area contributed by atoms with Crippen molar-refractivity contribution in [3.8, 4) is 0 Å². The molecule has 7 aliphatic carbocycles. The molecule has 0 aromatic carbocycles. The Morgan fingerprint density at radius 2 is 1.62 bits per heavy atom. The van der Waals surface area contributed by atoms with Crippen molar-refractivity contribution in [1.29, 1.82) is 0 Å². The van der Waals surface area contributed by atoms with E-state index in [1.807, 2.05) is 32.9 Å². The van der Waals surface area contributed by atoms with Crippen molar-refractivity contribution in [2.75, 3.05) is 13.2 Å². The van der Waals surface area contributed by atoms with E-state index in [0.29, 0.717) is 12.8 Å². The molecule has 5 aliphatic heterocycles. The molecule has 1 amide bonds. The maximum atomic E-state index is 16.5. The first-order valence-electron chi connectivity index (χ1n) is 20.3. The Hall–Kier alpha value is -2.65. The number of carbonyl (C=O) groups excluding carboxylic acids is 5. The van der Waals surface area contributed by atoms with Gasteiger partial charge in [0.05, 0.1) is 43.5 Å². The molecule has 0 aromatic rings. The Morgan fingerprint density at radius 1 is 0.927 bits per heavy atom. The summed E-state index contributed by atoms with van der Waals surface area (Å²) in [6.07, 6.45) is -0.699. The molecule has 55 heavy (non-hydrogen) atoms. The first-order valence-corrected chi connectivity index (χ1v) is 20.3. The van der Waals surface area contributed by atoms with Crippen LogP contribution in [0, 0.1) is 73.4 Å². The van der Waals surface area contributed by atoms with Crippen LogP contribution in [0.1, 0.15) is 67.7 Å². The Labute approximate surface area is 317 Å². The van der Waals surface area contributed by atoms with Crippen molar-refractivity contribution >= 4 is 29.0 Å². The minimum absolute atomic E-state index is 0.0859. The van der Waals surface area contributed by atoms with Gasteiger partial charge in [0.1, 0.15) is 16.2 Å². The van der Waals surface area contributed by atoms with E-state index in [0.717, 1.165) is 11.1 Å². The number of allylic oxidation sites excluding steroid dienone is 4. The number of fused-ring (bicyclic) bond motifs is 3. The molecule has 13 nitrogen and oxygen atoms in total. The fourth-order valence-corrected chi connectivity index (χ4v) is 18.7. The van der Waals surface area contributed by atoms with Gasteiger partial charge in [-0.25, -0.2) is 0 Å². The third kappa shape index (κ3) is 2.30. The highest BCUT2D eigenvalue weighted by molar-refractivity contribution is 6.31. The zero-order valence-electron chi connectivity index (χ0n) is 32.1. The monoisotopic (exact) mass is 759 g/mol. The summed E-state index contributed by atoms with van der Waals surface area (Å²) < 4.78 is 19.8. The summed E-state index contributed by atoms with van der Waals surface area (Å²) in [5.74, 6) is -10.4. The van der Waals surface area contributed by atoms with Crippen LogP contribution in [-0.4, -0.2) is 110 Å². The molecule has 12 rings (SSSR count). The number of Topliss-reactive ketones (excluding diaryl/α,β-unsaturated/α-hetero) is 4. The lowest BCUT2D eigenvalue weighted by molar-refractivity contribution is -0.468. The van der Waals surface area contributed by atoms with Crippen molar-refractivity contribution < 1.29 is 58.6 Å². The lowest BCUT2D eigenvalue weighted by Gasteiger charge is -2.80. The fourth-order valence-electron chi connectivity index (χ4n) is 18.7. The summed E-state index contributed by atoms with van der Waals surface area (Å²) in [6.45, 7) is 12.5. The number of carbonyl (C=O) groups is 5. The molecule has 5 heterocycles. The van der Waals surface area contributed by atoms with Crippen LogP contribution in [0.3, 0.4) is 0 Å². The zero-order chi connectivity index (χ0) is 39.2. The van der Waals surface area contributed by atoms with Crippen LogP contribution in [0.2, 0.25) is 0 Å². The summed E-state index contributed by atoms with van der Waals surface area (Å²) >= 11 is 0. The Morgan fingerprint density at radius 3 is 2.31 bits per heavy atom. The molecule has 10 fully saturated rings. The molecule has 0 aromatic heterocycles. The van der Waals surface area contributed by atoms with Gasteiger partial charge in [0, 0.05) is 45.5 Å². The van der Waals surface area contributed by atoms with Crippen molar-refractivity contribution in [3.05, 3.63) is 23.3 Å². The van der Waals surface area contributed by atoms with Gasteiger partial charge < -0.3 is 40.0 Å². The quantitative estimate of drug-likeness (QED) is 0.191. The molecule has 0 unspecified atom stereocenters. The van der Waals surface area contributed by atoms with Crippen LogP contribution in [0.15, 0.2) is 23.3 Å². The molecule has 20 atom stereocenters. The van der Waals surface area contributed by atoms with Gasteiger partial charge in [0.25, 0.3) is 0 Å². The van der Waals surface area contributed by atoms with E-state index in [-0.39, 0.29) is 30.9 Å². The standard InChI is InChI=1S/C42H49NO12/c1-15(2)10-20-24-18(5)17(4)12-19-11-16(3)8-9-21(44)25-22-23(26(45)37(19,24)32(49)43-20)28-39-33(6)29(46)38(50)31(48)35-13-53-14-36(33,35)34(39,7)30(47)41(35,51)42(52,55-25)40(38,39)27(22)54-28/h11-12,15,18-25,27-28,44,50-52H,8-10,13-14H2,1-7H3,(H,43,49)/t18-,19+,20+,21-,22-,23-,24+,25-,27-,28+,33-,34+,35+,36-,37+,38-,39-,40-,41-,42+/m1/s1. The molecule has 5 saturated heterocycles. The van der Waals surface area contributed by atoms with Crippen LogP contribution in [0.5, 0.6) is 0 Å². The van der Waals surface area contributed by atoms with Crippen LogP contribution >= 0.6 is 0 Å². The summed E-state index contributed by atoms with van der Waals surface area (Å²) in [6, 6.07) is -0.351. The highest BCUT2D eigenvalue weighted by Gasteiger charge is 3.24. The third-order valence-electron chi connectivity index (χ3n) is 19.7.